The van der Waals surface area contributed by atoms with Crippen LogP contribution in [0.4, 0.5) is 0 Å². The van der Waals surface area contributed by atoms with Gasteiger partial charge in [0.15, 0.2) is 0 Å². The van der Waals surface area contributed by atoms with Crippen molar-refractivity contribution in [3.05, 3.63) is 34.3 Å². The van der Waals surface area contributed by atoms with Crippen LogP contribution in [-0.4, -0.2) is 18.3 Å². The lowest BCUT2D eigenvalue weighted by molar-refractivity contribution is 0.276. The van der Waals surface area contributed by atoms with E-state index in [-0.39, 0.29) is 12.5 Å². The van der Waals surface area contributed by atoms with Gasteiger partial charge in [-0.2, -0.15) is 0 Å². The first-order valence-electron chi connectivity index (χ1n) is 4.34. The fourth-order valence-corrected chi connectivity index (χ4v) is 1.58. The summed E-state index contributed by atoms with van der Waals surface area (Å²) >= 11 is 3.37. The van der Waals surface area contributed by atoms with E-state index < -0.39 is 0 Å². The summed E-state index contributed by atoms with van der Waals surface area (Å²) in [5.41, 5.74) is 6.80. The molecule has 72 valence electrons. The maximum atomic E-state index is 8.82. The van der Waals surface area contributed by atoms with Gasteiger partial charge in [0, 0.05) is 11.1 Å². The van der Waals surface area contributed by atoms with E-state index in [1.54, 1.807) is 0 Å². The Bertz CT molecular complexity index is 248. The van der Waals surface area contributed by atoms with Gasteiger partial charge in [-0.3, -0.25) is 0 Å². The number of hydrogen-bond acceptors (Lipinski definition) is 2. The van der Waals surface area contributed by atoms with Crippen LogP contribution in [0, 0.1) is 0 Å². The third-order valence-electron chi connectivity index (χ3n) is 2.10. The average Bonchev–Trinajstić information content (AvgIpc) is 2.16. The first kappa shape index (κ1) is 10.7. The minimum Gasteiger partial charge on any atom is -0.396 e. The van der Waals surface area contributed by atoms with Crippen molar-refractivity contribution in [2.45, 2.75) is 12.3 Å². The molecule has 0 saturated heterocycles. The molecule has 1 aromatic rings. The molecule has 2 nitrogen and oxygen atoms in total. The van der Waals surface area contributed by atoms with Crippen molar-refractivity contribution in [1.29, 1.82) is 0 Å². The fourth-order valence-electron chi connectivity index (χ4n) is 1.31. The molecule has 1 aromatic carbocycles. The van der Waals surface area contributed by atoms with E-state index in [9.17, 15) is 0 Å². The molecule has 0 aromatic heterocycles. The Kier molecular flexibility index (Phi) is 4.42. The Labute approximate surface area is 86.9 Å². The standard InChI is InChI=1S/C10H14BrNO/c11-10-3-1-8(2-4-10)9(7-12)5-6-13/h1-4,9,13H,5-7,12H2. The summed E-state index contributed by atoms with van der Waals surface area (Å²) in [6.45, 7) is 0.778. The quantitative estimate of drug-likeness (QED) is 0.849. The van der Waals surface area contributed by atoms with Crippen LogP contribution in [0.15, 0.2) is 28.7 Å². The van der Waals surface area contributed by atoms with Gasteiger partial charge in [-0.15, -0.1) is 0 Å². The zero-order valence-electron chi connectivity index (χ0n) is 7.41. The molecule has 1 rings (SSSR count). The van der Waals surface area contributed by atoms with Crippen molar-refractivity contribution in [1.82, 2.24) is 0 Å². The summed E-state index contributed by atoms with van der Waals surface area (Å²) in [5, 5.41) is 8.82. The third kappa shape index (κ3) is 3.10. The Hall–Kier alpha value is -0.380. The first-order valence-corrected chi connectivity index (χ1v) is 5.13. The van der Waals surface area contributed by atoms with Gasteiger partial charge in [-0.25, -0.2) is 0 Å². The van der Waals surface area contributed by atoms with Crippen LogP contribution in [0.2, 0.25) is 0 Å². The van der Waals surface area contributed by atoms with Crippen LogP contribution in [0.1, 0.15) is 17.9 Å². The summed E-state index contributed by atoms with van der Waals surface area (Å²) in [5.74, 6) is 0.276. The summed E-state index contributed by atoms with van der Waals surface area (Å²) in [6, 6.07) is 8.07. The average molecular weight is 244 g/mol. The molecule has 0 radical (unpaired) electrons. The summed E-state index contributed by atoms with van der Waals surface area (Å²) in [7, 11) is 0. The Morgan fingerprint density at radius 2 is 1.92 bits per heavy atom. The number of nitrogens with two attached hydrogens (primary N) is 1. The van der Waals surface area contributed by atoms with Crippen molar-refractivity contribution in [2.75, 3.05) is 13.2 Å². The molecule has 0 fully saturated rings. The van der Waals surface area contributed by atoms with Gasteiger partial charge in [0.1, 0.15) is 0 Å². The highest BCUT2D eigenvalue weighted by Crippen LogP contribution is 2.20. The molecule has 1 atom stereocenters. The summed E-state index contributed by atoms with van der Waals surface area (Å²) < 4.78 is 1.07. The van der Waals surface area contributed by atoms with Crippen molar-refractivity contribution in [3.63, 3.8) is 0 Å². The number of aliphatic hydroxyl groups excluding tert-OH is 1. The van der Waals surface area contributed by atoms with Gasteiger partial charge >= 0.3 is 0 Å². The van der Waals surface area contributed by atoms with E-state index >= 15 is 0 Å². The molecule has 0 spiro atoms. The smallest absolute Gasteiger partial charge is 0.0437 e. The van der Waals surface area contributed by atoms with E-state index in [4.69, 9.17) is 10.8 Å². The van der Waals surface area contributed by atoms with Crippen molar-refractivity contribution in [3.8, 4) is 0 Å². The van der Waals surface area contributed by atoms with Gasteiger partial charge in [-0.1, -0.05) is 28.1 Å². The van der Waals surface area contributed by atoms with E-state index in [1.165, 1.54) is 5.56 Å². The van der Waals surface area contributed by atoms with Crippen molar-refractivity contribution in [2.24, 2.45) is 5.73 Å². The first-order chi connectivity index (χ1) is 6.27. The molecule has 3 heteroatoms. The number of aliphatic hydroxyl groups is 1. The normalized spacial score (nSPS) is 12.8. The Morgan fingerprint density at radius 1 is 1.31 bits per heavy atom. The highest BCUT2D eigenvalue weighted by atomic mass is 79.9. The monoisotopic (exact) mass is 243 g/mol. The highest BCUT2D eigenvalue weighted by Gasteiger charge is 2.07. The molecule has 3 N–H and O–H groups in total. The predicted octanol–water partition coefficient (Wildman–Crippen LogP) is 1.87. The van der Waals surface area contributed by atoms with Crippen LogP contribution < -0.4 is 5.73 Å². The SMILES string of the molecule is NCC(CCO)c1ccc(Br)cc1. The zero-order chi connectivity index (χ0) is 9.68. The number of rotatable bonds is 4. The van der Waals surface area contributed by atoms with Gasteiger partial charge in [0.25, 0.3) is 0 Å². The lowest BCUT2D eigenvalue weighted by Crippen LogP contribution is -2.13. The maximum absolute atomic E-state index is 8.82. The van der Waals surface area contributed by atoms with Crippen LogP contribution >= 0.6 is 15.9 Å². The minimum atomic E-state index is 0.192. The van der Waals surface area contributed by atoms with E-state index in [0.29, 0.717) is 6.54 Å². The Morgan fingerprint density at radius 3 is 2.38 bits per heavy atom. The molecular weight excluding hydrogens is 230 g/mol. The predicted molar refractivity (Wildman–Crippen MR) is 57.6 cm³/mol. The lowest BCUT2D eigenvalue weighted by atomic mass is 9.96. The topological polar surface area (TPSA) is 46.2 Å². The second-order valence-electron chi connectivity index (χ2n) is 3.00. The molecule has 13 heavy (non-hydrogen) atoms. The second-order valence-corrected chi connectivity index (χ2v) is 3.91. The second kappa shape index (κ2) is 5.37. The molecule has 1 unspecified atom stereocenters. The minimum absolute atomic E-state index is 0.192. The van der Waals surface area contributed by atoms with Crippen molar-refractivity contribution >= 4 is 15.9 Å². The summed E-state index contributed by atoms with van der Waals surface area (Å²) in [6.07, 6.45) is 0.734. The summed E-state index contributed by atoms with van der Waals surface area (Å²) in [4.78, 5) is 0. The van der Waals surface area contributed by atoms with E-state index in [1.807, 2.05) is 24.3 Å². The fraction of sp³-hybridized carbons (Fsp3) is 0.400. The van der Waals surface area contributed by atoms with Crippen molar-refractivity contribution < 1.29 is 5.11 Å². The van der Waals surface area contributed by atoms with E-state index in [0.717, 1.165) is 10.9 Å². The van der Waals surface area contributed by atoms with Crippen LogP contribution in [0.25, 0.3) is 0 Å². The maximum Gasteiger partial charge on any atom is 0.0437 e. The zero-order valence-corrected chi connectivity index (χ0v) is 9.00. The molecule has 0 heterocycles. The number of benzene rings is 1. The van der Waals surface area contributed by atoms with Gasteiger partial charge < -0.3 is 10.8 Å². The van der Waals surface area contributed by atoms with Crippen LogP contribution in [0.5, 0.6) is 0 Å². The van der Waals surface area contributed by atoms with E-state index in [2.05, 4.69) is 15.9 Å². The number of hydrogen-bond donors (Lipinski definition) is 2. The van der Waals surface area contributed by atoms with Crippen LogP contribution in [0.3, 0.4) is 0 Å². The highest BCUT2D eigenvalue weighted by molar-refractivity contribution is 9.10. The lowest BCUT2D eigenvalue weighted by Gasteiger charge is -2.13. The molecule has 0 aliphatic carbocycles. The van der Waals surface area contributed by atoms with Gasteiger partial charge in [0.2, 0.25) is 0 Å². The molecule has 0 amide bonds. The third-order valence-corrected chi connectivity index (χ3v) is 2.63. The largest absolute Gasteiger partial charge is 0.396 e. The Balaban J connectivity index is 2.73. The molecule has 0 saturated carbocycles. The molecule has 0 aliphatic rings. The van der Waals surface area contributed by atoms with Gasteiger partial charge in [-0.05, 0) is 36.6 Å². The van der Waals surface area contributed by atoms with Gasteiger partial charge in [0.05, 0.1) is 0 Å². The molecule has 0 aliphatic heterocycles. The van der Waals surface area contributed by atoms with Crippen LogP contribution in [-0.2, 0) is 0 Å². The number of halogens is 1. The molecule has 0 bridgehead atoms. The molecular formula is C10H14BrNO.